The molecule has 2 rings (SSSR count). The lowest BCUT2D eigenvalue weighted by atomic mass is 10.0. The molecule has 2 aromatic rings. The summed E-state index contributed by atoms with van der Waals surface area (Å²) in [6.45, 7) is 3.95. The SMILES string of the molecule is COc1ccc(Br)cc1C(=O)NNC(=O)COc1ccc(C(C)C)cc1Br. The molecule has 2 aromatic carbocycles. The fourth-order valence-electron chi connectivity index (χ4n) is 2.22. The van der Waals surface area contributed by atoms with Gasteiger partial charge in [-0.05, 0) is 57.7 Å². The van der Waals surface area contributed by atoms with E-state index >= 15 is 0 Å². The Bertz CT molecular complexity index is 840. The van der Waals surface area contributed by atoms with Crippen LogP contribution in [0.15, 0.2) is 45.3 Å². The molecule has 8 heteroatoms. The first-order chi connectivity index (χ1) is 12.8. The Morgan fingerprint density at radius 3 is 2.37 bits per heavy atom. The van der Waals surface area contributed by atoms with Crippen molar-refractivity contribution in [1.82, 2.24) is 10.9 Å². The maximum atomic E-state index is 12.2. The molecule has 0 fully saturated rings. The number of halogens is 2. The van der Waals surface area contributed by atoms with Gasteiger partial charge in [0.05, 0.1) is 17.1 Å². The van der Waals surface area contributed by atoms with E-state index in [1.54, 1.807) is 24.3 Å². The van der Waals surface area contributed by atoms with Crippen molar-refractivity contribution in [3.8, 4) is 11.5 Å². The molecule has 6 nitrogen and oxygen atoms in total. The molecule has 0 aromatic heterocycles. The van der Waals surface area contributed by atoms with Crippen LogP contribution in [0.25, 0.3) is 0 Å². The number of benzene rings is 2. The van der Waals surface area contributed by atoms with Crippen LogP contribution in [0, 0.1) is 0 Å². The van der Waals surface area contributed by atoms with Gasteiger partial charge in [-0.15, -0.1) is 0 Å². The second-order valence-corrected chi connectivity index (χ2v) is 7.75. The monoisotopic (exact) mass is 498 g/mol. The standard InChI is InChI=1S/C19H20Br2N2O4/c1-11(2)12-4-6-17(15(21)8-12)27-10-18(24)22-23-19(25)14-9-13(20)5-7-16(14)26-3/h4-9,11H,10H2,1-3H3,(H,22,24)(H,23,25). The van der Waals surface area contributed by atoms with Crippen molar-refractivity contribution in [2.24, 2.45) is 0 Å². The predicted octanol–water partition coefficient (Wildman–Crippen LogP) is 4.18. The zero-order valence-electron chi connectivity index (χ0n) is 15.1. The van der Waals surface area contributed by atoms with Crippen LogP contribution in [0.4, 0.5) is 0 Å². The van der Waals surface area contributed by atoms with Gasteiger partial charge in [-0.25, -0.2) is 0 Å². The van der Waals surface area contributed by atoms with E-state index in [4.69, 9.17) is 9.47 Å². The lowest BCUT2D eigenvalue weighted by Crippen LogP contribution is -2.43. The Labute approximate surface area is 174 Å². The molecule has 0 unspecified atom stereocenters. The zero-order valence-corrected chi connectivity index (χ0v) is 18.3. The number of rotatable bonds is 6. The van der Waals surface area contributed by atoms with Gasteiger partial charge in [-0.2, -0.15) is 0 Å². The number of ether oxygens (including phenoxy) is 2. The van der Waals surface area contributed by atoms with E-state index in [2.05, 4.69) is 56.6 Å². The Hall–Kier alpha value is -2.06. The number of carbonyl (C=O) groups excluding carboxylic acids is 2. The highest BCUT2D eigenvalue weighted by molar-refractivity contribution is 9.10. The minimum atomic E-state index is -0.496. The van der Waals surface area contributed by atoms with Crippen LogP contribution in [-0.2, 0) is 4.79 Å². The molecule has 144 valence electrons. The second kappa shape index (κ2) is 9.75. The van der Waals surface area contributed by atoms with E-state index < -0.39 is 11.8 Å². The normalized spacial score (nSPS) is 10.4. The van der Waals surface area contributed by atoms with Gasteiger partial charge in [0.15, 0.2) is 6.61 Å². The molecular weight excluding hydrogens is 480 g/mol. The number of hydrogen-bond donors (Lipinski definition) is 2. The third-order valence-electron chi connectivity index (χ3n) is 3.70. The third kappa shape index (κ3) is 5.97. The topological polar surface area (TPSA) is 76.7 Å². The number of nitrogens with one attached hydrogen (secondary N) is 2. The summed E-state index contributed by atoms with van der Waals surface area (Å²) in [6, 6.07) is 10.7. The highest BCUT2D eigenvalue weighted by atomic mass is 79.9. The van der Waals surface area contributed by atoms with E-state index in [1.807, 2.05) is 12.1 Å². The Morgan fingerprint density at radius 2 is 1.74 bits per heavy atom. The van der Waals surface area contributed by atoms with E-state index in [0.29, 0.717) is 23.0 Å². The van der Waals surface area contributed by atoms with Gasteiger partial charge < -0.3 is 9.47 Å². The number of methoxy groups -OCH3 is 1. The van der Waals surface area contributed by atoms with Crippen molar-refractivity contribution in [1.29, 1.82) is 0 Å². The molecule has 2 N–H and O–H groups in total. The van der Waals surface area contributed by atoms with Crippen molar-refractivity contribution >= 4 is 43.7 Å². The quantitative estimate of drug-likeness (QED) is 0.584. The van der Waals surface area contributed by atoms with E-state index in [0.717, 1.165) is 14.5 Å². The molecule has 2 amide bonds. The molecular formula is C19H20Br2N2O4. The van der Waals surface area contributed by atoms with Crippen molar-refractivity contribution in [2.75, 3.05) is 13.7 Å². The number of amides is 2. The smallest absolute Gasteiger partial charge is 0.276 e. The van der Waals surface area contributed by atoms with Gasteiger partial charge >= 0.3 is 0 Å². The minimum absolute atomic E-state index is 0.241. The highest BCUT2D eigenvalue weighted by Crippen LogP contribution is 2.28. The van der Waals surface area contributed by atoms with Gasteiger partial charge in [-0.1, -0.05) is 35.8 Å². The molecule has 0 saturated heterocycles. The summed E-state index contributed by atoms with van der Waals surface area (Å²) < 4.78 is 12.1. The molecule has 0 spiro atoms. The summed E-state index contributed by atoms with van der Waals surface area (Å²) in [5, 5.41) is 0. The first-order valence-corrected chi connectivity index (χ1v) is 9.75. The van der Waals surface area contributed by atoms with Crippen LogP contribution in [0.1, 0.15) is 35.7 Å². The fraction of sp³-hybridized carbons (Fsp3) is 0.263. The van der Waals surface area contributed by atoms with E-state index in [1.165, 1.54) is 7.11 Å². The van der Waals surface area contributed by atoms with Crippen molar-refractivity contribution in [3.05, 3.63) is 56.5 Å². The minimum Gasteiger partial charge on any atom is -0.496 e. The van der Waals surface area contributed by atoms with Gasteiger partial charge in [0.2, 0.25) is 0 Å². The Morgan fingerprint density at radius 1 is 1.04 bits per heavy atom. The van der Waals surface area contributed by atoms with E-state index in [9.17, 15) is 9.59 Å². The summed E-state index contributed by atoms with van der Waals surface area (Å²) in [5.74, 6) is 0.356. The Kier molecular flexibility index (Phi) is 7.67. The molecule has 0 bridgehead atoms. The lowest BCUT2D eigenvalue weighted by molar-refractivity contribution is -0.123. The van der Waals surface area contributed by atoms with Crippen molar-refractivity contribution in [2.45, 2.75) is 19.8 Å². The van der Waals surface area contributed by atoms with Gasteiger partial charge in [0.25, 0.3) is 11.8 Å². The van der Waals surface area contributed by atoms with Crippen LogP contribution in [0.2, 0.25) is 0 Å². The Balaban J connectivity index is 1.90. The van der Waals surface area contributed by atoms with Gasteiger partial charge in [0, 0.05) is 4.47 Å². The summed E-state index contributed by atoms with van der Waals surface area (Å²) in [4.78, 5) is 24.2. The summed E-state index contributed by atoms with van der Waals surface area (Å²) in [7, 11) is 1.47. The summed E-state index contributed by atoms with van der Waals surface area (Å²) in [5.41, 5.74) is 6.12. The van der Waals surface area contributed by atoms with Crippen LogP contribution in [0.5, 0.6) is 11.5 Å². The summed E-state index contributed by atoms with van der Waals surface area (Å²) in [6.07, 6.45) is 0. The predicted molar refractivity (Wildman–Crippen MR) is 110 cm³/mol. The van der Waals surface area contributed by atoms with Crippen LogP contribution < -0.4 is 20.3 Å². The van der Waals surface area contributed by atoms with Gasteiger partial charge in [0.1, 0.15) is 11.5 Å². The van der Waals surface area contributed by atoms with E-state index in [-0.39, 0.29) is 6.61 Å². The molecule has 0 aliphatic carbocycles. The fourth-order valence-corrected chi connectivity index (χ4v) is 3.10. The first-order valence-electron chi connectivity index (χ1n) is 8.16. The number of hydrogen-bond acceptors (Lipinski definition) is 4. The van der Waals surface area contributed by atoms with Crippen molar-refractivity contribution < 1.29 is 19.1 Å². The van der Waals surface area contributed by atoms with Gasteiger partial charge in [-0.3, -0.25) is 20.4 Å². The average molecular weight is 500 g/mol. The zero-order chi connectivity index (χ0) is 20.0. The van der Waals surface area contributed by atoms with Crippen LogP contribution in [0.3, 0.4) is 0 Å². The maximum absolute atomic E-state index is 12.2. The number of hydrazine groups is 1. The molecule has 0 aliphatic rings. The second-order valence-electron chi connectivity index (χ2n) is 5.98. The molecule has 0 heterocycles. The molecule has 0 aliphatic heterocycles. The van der Waals surface area contributed by atoms with Crippen LogP contribution >= 0.6 is 31.9 Å². The van der Waals surface area contributed by atoms with Crippen LogP contribution in [-0.4, -0.2) is 25.5 Å². The third-order valence-corrected chi connectivity index (χ3v) is 4.82. The average Bonchev–Trinajstić information content (AvgIpc) is 2.64. The lowest BCUT2D eigenvalue weighted by Gasteiger charge is -2.13. The number of carbonyl (C=O) groups is 2. The summed E-state index contributed by atoms with van der Waals surface area (Å²) >= 11 is 6.73. The molecule has 27 heavy (non-hydrogen) atoms. The largest absolute Gasteiger partial charge is 0.496 e. The van der Waals surface area contributed by atoms with Crippen molar-refractivity contribution in [3.63, 3.8) is 0 Å². The molecule has 0 atom stereocenters. The highest BCUT2D eigenvalue weighted by Gasteiger charge is 2.14. The maximum Gasteiger partial charge on any atom is 0.276 e. The molecule has 0 saturated carbocycles. The first kappa shape index (κ1) is 21.2. The molecule has 0 radical (unpaired) electrons.